The maximum atomic E-state index is 2.60. The minimum Gasteiger partial charge on any atom is -0.147 e. The van der Waals surface area contributed by atoms with E-state index in [0.29, 0.717) is 11.8 Å². The van der Waals surface area contributed by atoms with Crippen LogP contribution in [0, 0.1) is 0 Å². The Kier molecular flexibility index (Phi) is 8.18. The summed E-state index contributed by atoms with van der Waals surface area (Å²) in [5.74, 6) is 1.13. The molecule has 0 heterocycles. The number of hydrogen-bond acceptors (Lipinski definition) is 0. The molecule has 0 fully saturated rings. The van der Waals surface area contributed by atoms with Crippen LogP contribution in [0.2, 0.25) is 9.36 Å². The Hall–Kier alpha value is -0.413. The second-order valence-electron chi connectivity index (χ2n) is 8.52. The first-order valence-electron chi connectivity index (χ1n) is 9.96. The van der Waals surface area contributed by atoms with Crippen molar-refractivity contribution >= 4 is 43.9 Å². The summed E-state index contributed by atoms with van der Waals surface area (Å²) in [4.78, 5) is 0. The largest absolute Gasteiger partial charge is 0.147 e. The Labute approximate surface area is 188 Å². The summed E-state index contributed by atoms with van der Waals surface area (Å²) in [5.41, 5.74) is 7.74. The summed E-state index contributed by atoms with van der Waals surface area (Å²) in [5, 5.41) is 0. The fraction of sp³-hybridized carbons (Fsp3) is 0.333. The molecule has 4 rings (SSSR count). The molecule has 0 aliphatic heterocycles. The molecule has 149 valence electrons. The zero-order chi connectivity index (χ0) is 18.3. The number of allylic oxidation sites excluding steroid dienone is 2. The maximum Gasteiger partial charge on any atom is -0.147 e. The average Bonchev–Trinajstić information content (AvgIpc) is 3.17. The number of benzene rings is 2. The van der Waals surface area contributed by atoms with Gasteiger partial charge in [-0.05, 0) is 0 Å². The van der Waals surface area contributed by atoms with Crippen molar-refractivity contribution in [1.29, 1.82) is 0 Å². The molecule has 0 spiro atoms. The second-order valence-corrected chi connectivity index (χ2v) is 38.6. The molecule has 2 aromatic carbocycles. The van der Waals surface area contributed by atoms with Gasteiger partial charge in [0.1, 0.15) is 0 Å². The normalized spacial score (nSPS) is 19.7. The zero-order valence-electron chi connectivity index (χ0n) is 17.1. The topological polar surface area (TPSA) is 0 Å². The Morgan fingerprint density at radius 2 is 1.36 bits per heavy atom. The van der Waals surface area contributed by atoms with E-state index in [2.05, 4.69) is 83.9 Å². The van der Waals surface area contributed by atoms with Crippen molar-refractivity contribution in [1.82, 2.24) is 0 Å². The summed E-state index contributed by atoms with van der Waals surface area (Å²) < 4.78 is 7.03. The van der Waals surface area contributed by atoms with Crippen LogP contribution in [0.4, 0.5) is 0 Å². The molecule has 0 amide bonds. The van der Waals surface area contributed by atoms with Gasteiger partial charge in [0, 0.05) is 0 Å². The van der Waals surface area contributed by atoms with Crippen molar-refractivity contribution in [2.45, 2.75) is 47.4 Å². The molecule has 0 saturated carbocycles. The third-order valence-corrected chi connectivity index (χ3v) is 16.6. The van der Waals surface area contributed by atoms with Gasteiger partial charge in [0.15, 0.2) is 0 Å². The van der Waals surface area contributed by atoms with E-state index in [-0.39, 0.29) is 24.8 Å². The van der Waals surface area contributed by atoms with Crippen LogP contribution in [0.25, 0.3) is 12.2 Å². The van der Waals surface area contributed by atoms with Gasteiger partial charge < -0.3 is 0 Å². The molecule has 2 aromatic rings. The van der Waals surface area contributed by atoms with Gasteiger partial charge in [-0.2, -0.15) is 0 Å². The van der Waals surface area contributed by atoms with Crippen LogP contribution in [0.1, 0.15) is 60.3 Å². The van der Waals surface area contributed by atoms with Crippen molar-refractivity contribution in [3.63, 3.8) is 0 Å². The van der Waals surface area contributed by atoms with Crippen LogP contribution in [0.15, 0.2) is 57.4 Å². The van der Waals surface area contributed by atoms with E-state index >= 15 is 0 Å². The minimum absolute atomic E-state index is 0. The van der Waals surface area contributed by atoms with Gasteiger partial charge in [0.2, 0.25) is 0 Å². The first-order valence-corrected chi connectivity index (χ1v) is 27.3. The molecule has 2 aliphatic carbocycles. The molecule has 2 aliphatic rings. The summed E-state index contributed by atoms with van der Waals surface area (Å²) >= 11 is -2.32. The minimum atomic E-state index is -2.32. The van der Waals surface area contributed by atoms with Crippen LogP contribution >= 0.6 is 24.8 Å². The van der Waals surface area contributed by atoms with Gasteiger partial charge in [0.25, 0.3) is 0 Å². The van der Waals surface area contributed by atoms with Crippen LogP contribution < -0.4 is 0 Å². The maximum absolute atomic E-state index is 2.60. The van der Waals surface area contributed by atoms with Gasteiger partial charge in [0.05, 0.1) is 0 Å². The first kappa shape index (κ1) is 23.9. The quantitative estimate of drug-likeness (QED) is 0.322. The molecule has 0 radical (unpaired) electrons. The van der Waals surface area contributed by atoms with E-state index in [4.69, 9.17) is 0 Å². The third-order valence-electron chi connectivity index (χ3n) is 5.98. The number of unbranched alkanes of at least 4 members (excludes halogenated alkanes) is 1. The van der Waals surface area contributed by atoms with Crippen molar-refractivity contribution in [3.8, 4) is 0 Å². The summed E-state index contributed by atoms with van der Waals surface area (Å²) in [6.45, 7) is 4.66. The summed E-state index contributed by atoms with van der Waals surface area (Å²) in [6.07, 6.45) is 8.89. The molecule has 28 heavy (non-hydrogen) atoms. The molecule has 4 heteroatoms. The molecule has 2 atom stereocenters. The van der Waals surface area contributed by atoms with E-state index < -0.39 is 18.6 Å². The van der Waals surface area contributed by atoms with Gasteiger partial charge in [-0.25, -0.2) is 0 Å². The molecule has 2 unspecified atom stereocenters. The van der Waals surface area contributed by atoms with Crippen molar-refractivity contribution in [3.05, 3.63) is 79.7 Å². The van der Waals surface area contributed by atoms with Gasteiger partial charge >= 0.3 is 165 Å². The molecular formula is C24H31Cl2HfSi. The monoisotopic (exact) mass is 597 g/mol. The first-order chi connectivity index (χ1) is 12.5. The van der Waals surface area contributed by atoms with E-state index in [1.807, 2.05) is 3.33 Å². The fourth-order valence-corrected chi connectivity index (χ4v) is 13.5. The molecule has 0 bridgehead atoms. The standard InChI is InChI=1S/C22H21.2CH3.2ClH.Hf.H2Si/c1-2-3-8-18-15-17-10-5-7-12-20(17)22(18)21-14-13-16-9-4-6-11-19(16)21;;;;;;/h4-7,9-13,15,21-22H,2-3,8H2,1H3;2*1H3;2*1H;;1H2. The Bertz CT molecular complexity index is 955. The number of rotatable bonds is 5. The number of fused-ring (bicyclic) bond motifs is 2. The van der Waals surface area contributed by atoms with Crippen molar-refractivity contribution in [2.24, 2.45) is 0 Å². The van der Waals surface area contributed by atoms with E-state index in [0.717, 1.165) is 0 Å². The average molecular weight is 597 g/mol. The Morgan fingerprint density at radius 1 is 0.821 bits per heavy atom. The second kappa shape index (κ2) is 9.60. The number of hydrogen-bond donors (Lipinski definition) is 0. The summed E-state index contributed by atoms with van der Waals surface area (Å²) in [6, 6.07) is 18.3. The van der Waals surface area contributed by atoms with Crippen molar-refractivity contribution < 1.29 is 18.6 Å². The van der Waals surface area contributed by atoms with Gasteiger partial charge in [-0.15, -0.1) is 24.8 Å². The number of halogens is 2. The van der Waals surface area contributed by atoms with Crippen LogP contribution in [0.3, 0.4) is 0 Å². The predicted molar refractivity (Wildman–Crippen MR) is 129 cm³/mol. The fourth-order valence-electron chi connectivity index (χ4n) is 4.74. The molecule has 0 saturated heterocycles. The smallest absolute Gasteiger partial charge is 0.147 e. The predicted octanol–water partition coefficient (Wildman–Crippen LogP) is 7.14. The molecule has 0 nitrogen and oxygen atoms in total. The van der Waals surface area contributed by atoms with E-state index in [1.54, 1.807) is 16.7 Å². The molecule has 0 N–H and O–H groups in total. The van der Waals surface area contributed by atoms with Crippen molar-refractivity contribution in [2.75, 3.05) is 0 Å². The van der Waals surface area contributed by atoms with Crippen LogP contribution in [0.5, 0.6) is 0 Å². The molecule has 0 aromatic heterocycles. The SMILES string of the molecule is CCCCC1=Cc2ccccc2C1C1[C]([Hf]([CH3])([CH3])=[SiH2])=Cc2ccccc21.Cl.Cl. The van der Waals surface area contributed by atoms with E-state index in [1.165, 1.54) is 30.4 Å². The molecular weight excluding hydrogens is 566 g/mol. The summed E-state index contributed by atoms with van der Waals surface area (Å²) in [7, 11) is 0. The van der Waals surface area contributed by atoms with Gasteiger partial charge in [-0.1, -0.05) is 0 Å². The van der Waals surface area contributed by atoms with Crippen LogP contribution in [-0.2, 0) is 18.6 Å². The third kappa shape index (κ3) is 4.36. The Morgan fingerprint density at radius 3 is 1.93 bits per heavy atom. The zero-order valence-corrected chi connectivity index (χ0v) is 23.7. The Balaban J connectivity index is 0.00000140. The van der Waals surface area contributed by atoms with E-state index in [9.17, 15) is 0 Å². The van der Waals surface area contributed by atoms with Crippen LogP contribution in [-0.4, -0.2) is 6.94 Å². The van der Waals surface area contributed by atoms with Gasteiger partial charge in [-0.3, -0.25) is 0 Å².